The Kier molecular flexibility index (Phi) is 4.49. The van der Waals surface area contributed by atoms with E-state index in [0.717, 1.165) is 4.90 Å². The first-order valence-electron chi connectivity index (χ1n) is 5.42. The number of amides is 3. The van der Waals surface area contributed by atoms with E-state index in [-0.39, 0.29) is 25.6 Å². The fourth-order valence-electron chi connectivity index (χ4n) is 1.93. The molecule has 18 heavy (non-hydrogen) atoms. The summed E-state index contributed by atoms with van der Waals surface area (Å²) in [6.07, 6.45) is -0.0702. The average molecular weight is 259 g/mol. The van der Waals surface area contributed by atoms with Crippen molar-refractivity contribution in [3.63, 3.8) is 0 Å². The number of ether oxygens (including phenoxy) is 1. The quantitative estimate of drug-likeness (QED) is 0.651. The van der Waals surface area contributed by atoms with Gasteiger partial charge in [0.1, 0.15) is 12.6 Å². The first-order chi connectivity index (χ1) is 8.36. The molecule has 1 heterocycles. The maximum Gasteiger partial charge on any atom is 0.326 e. The van der Waals surface area contributed by atoms with Gasteiger partial charge in [-0.3, -0.25) is 4.79 Å². The Bertz CT molecular complexity index is 359. The van der Waals surface area contributed by atoms with E-state index < -0.39 is 23.9 Å². The molecule has 0 spiro atoms. The van der Waals surface area contributed by atoms with Gasteiger partial charge in [-0.05, 0) is 0 Å². The molecule has 0 aromatic heterocycles. The Morgan fingerprint density at radius 2 is 2.11 bits per heavy atom. The molecule has 0 saturated carbocycles. The van der Waals surface area contributed by atoms with E-state index in [1.165, 1.54) is 19.1 Å². The Balaban J connectivity index is 2.76. The second-order valence-corrected chi connectivity index (χ2v) is 4.20. The van der Waals surface area contributed by atoms with Crippen LogP contribution in [-0.4, -0.2) is 72.2 Å². The summed E-state index contributed by atoms with van der Waals surface area (Å²) < 4.78 is 5.07. The van der Waals surface area contributed by atoms with Gasteiger partial charge in [0.05, 0.1) is 6.10 Å². The van der Waals surface area contributed by atoms with Gasteiger partial charge >= 0.3 is 12.0 Å². The molecule has 0 aromatic carbocycles. The number of carboxylic acids is 1. The summed E-state index contributed by atoms with van der Waals surface area (Å²) in [4.78, 5) is 36.1. The number of primary amides is 1. The topological polar surface area (TPSA) is 113 Å². The van der Waals surface area contributed by atoms with Gasteiger partial charge in [-0.1, -0.05) is 0 Å². The van der Waals surface area contributed by atoms with Crippen LogP contribution in [0.3, 0.4) is 0 Å². The molecule has 1 aliphatic heterocycles. The smallest absolute Gasteiger partial charge is 0.326 e. The van der Waals surface area contributed by atoms with Crippen LogP contribution in [0.4, 0.5) is 4.79 Å². The third kappa shape index (κ3) is 3.10. The van der Waals surface area contributed by atoms with Gasteiger partial charge in [-0.15, -0.1) is 0 Å². The highest BCUT2D eigenvalue weighted by Gasteiger charge is 2.40. The minimum Gasteiger partial charge on any atom is -0.480 e. The molecule has 2 unspecified atom stereocenters. The van der Waals surface area contributed by atoms with Crippen LogP contribution in [0.5, 0.6) is 0 Å². The lowest BCUT2D eigenvalue weighted by atomic mass is 10.2. The number of carbonyl (C=O) groups is 3. The van der Waals surface area contributed by atoms with Gasteiger partial charge in [0, 0.05) is 27.1 Å². The zero-order valence-electron chi connectivity index (χ0n) is 10.3. The minimum absolute atomic E-state index is 0.190. The van der Waals surface area contributed by atoms with Crippen LogP contribution in [0, 0.1) is 0 Å². The van der Waals surface area contributed by atoms with Crippen molar-refractivity contribution >= 4 is 17.9 Å². The SMILES string of the molecule is COC1CC(C(=O)O)N(C(=O)N(C)CC(N)=O)C1. The zero-order chi connectivity index (χ0) is 13.9. The van der Waals surface area contributed by atoms with Gasteiger partial charge in [0.2, 0.25) is 5.91 Å². The van der Waals surface area contributed by atoms with Gasteiger partial charge < -0.3 is 25.4 Å². The maximum absolute atomic E-state index is 12.0. The minimum atomic E-state index is -1.09. The first kappa shape index (κ1) is 14.2. The van der Waals surface area contributed by atoms with Crippen molar-refractivity contribution in [2.24, 2.45) is 5.73 Å². The van der Waals surface area contributed by atoms with E-state index in [0.29, 0.717) is 0 Å². The molecule has 0 aromatic rings. The maximum atomic E-state index is 12.0. The van der Waals surface area contributed by atoms with Gasteiger partial charge in [-0.2, -0.15) is 0 Å². The van der Waals surface area contributed by atoms with Crippen molar-refractivity contribution in [3.8, 4) is 0 Å². The number of carboxylic acid groups (broad SMARTS) is 1. The van der Waals surface area contributed by atoms with Crippen molar-refractivity contribution in [1.82, 2.24) is 9.80 Å². The number of rotatable bonds is 4. The Hall–Kier alpha value is -1.83. The summed E-state index contributed by atoms with van der Waals surface area (Å²) in [5.41, 5.74) is 4.99. The molecule has 102 valence electrons. The third-order valence-corrected chi connectivity index (χ3v) is 2.85. The van der Waals surface area contributed by atoms with Crippen molar-refractivity contribution < 1.29 is 24.2 Å². The summed E-state index contributed by atoms with van der Waals surface area (Å²) in [5.74, 6) is -1.74. The predicted molar refractivity (Wildman–Crippen MR) is 60.8 cm³/mol. The summed E-state index contributed by atoms with van der Waals surface area (Å²) in [6, 6.07) is -1.47. The van der Waals surface area contributed by atoms with Crippen LogP contribution in [0.25, 0.3) is 0 Å². The number of aliphatic carboxylic acids is 1. The molecule has 1 aliphatic rings. The molecule has 8 nitrogen and oxygen atoms in total. The van der Waals surface area contributed by atoms with E-state index in [4.69, 9.17) is 15.6 Å². The second kappa shape index (κ2) is 5.67. The molecule has 1 rings (SSSR count). The van der Waals surface area contributed by atoms with Gasteiger partial charge in [0.25, 0.3) is 0 Å². The van der Waals surface area contributed by atoms with Crippen molar-refractivity contribution in [1.29, 1.82) is 0 Å². The zero-order valence-corrected chi connectivity index (χ0v) is 10.3. The fraction of sp³-hybridized carbons (Fsp3) is 0.700. The van der Waals surface area contributed by atoms with E-state index in [1.54, 1.807) is 0 Å². The second-order valence-electron chi connectivity index (χ2n) is 4.20. The van der Waals surface area contributed by atoms with Crippen molar-refractivity contribution in [2.45, 2.75) is 18.6 Å². The number of carbonyl (C=O) groups excluding carboxylic acids is 2. The number of hydrogen-bond donors (Lipinski definition) is 2. The molecular weight excluding hydrogens is 242 g/mol. The summed E-state index contributed by atoms with van der Waals surface area (Å²) in [5, 5.41) is 9.05. The molecule has 8 heteroatoms. The summed E-state index contributed by atoms with van der Waals surface area (Å²) >= 11 is 0. The average Bonchev–Trinajstić information content (AvgIpc) is 2.71. The lowest BCUT2D eigenvalue weighted by Gasteiger charge is -2.26. The lowest BCUT2D eigenvalue weighted by Crippen LogP contribution is -2.48. The van der Waals surface area contributed by atoms with E-state index in [2.05, 4.69) is 0 Å². The van der Waals surface area contributed by atoms with E-state index >= 15 is 0 Å². The Labute approximate surface area is 104 Å². The van der Waals surface area contributed by atoms with E-state index in [9.17, 15) is 14.4 Å². The molecule has 0 radical (unpaired) electrons. The molecule has 0 bridgehead atoms. The van der Waals surface area contributed by atoms with Crippen LogP contribution >= 0.6 is 0 Å². The molecule has 2 atom stereocenters. The standard InChI is InChI=1S/C10H17N3O5/c1-12(5-8(11)14)10(17)13-4-6(18-2)3-7(13)9(15)16/h6-7H,3-5H2,1-2H3,(H2,11,14)(H,15,16). The normalized spacial score (nSPS) is 22.9. The number of likely N-dealkylation sites (tertiary alicyclic amines) is 1. The van der Waals surface area contributed by atoms with Crippen molar-refractivity contribution in [3.05, 3.63) is 0 Å². The molecular formula is C10H17N3O5. The number of methoxy groups -OCH3 is 1. The summed E-state index contributed by atoms with van der Waals surface area (Å²) in [6.45, 7) is -0.0608. The highest BCUT2D eigenvalue weighted by molar-refractivity contribution is 5.86. The molecule has 1 saturated heterocycles. The fourth-order valence-corrected chi connectivity index (χ4v) is 1.93. The Morgan fingerprint density at radius 3 is 2.56 bits per heavy atom. The van der Waals surface area contributed by atoms with Crippen LogP contribution in [-0.2, 0) is 14.3 Å². The highest BCUT2D eigenvalue weighted by atomic mass is 16.5. The Morgan fingerprint density at radius 1 is 1.50 bits per heavy atom. The number of hydrogen-bond acceptors (Lipinski definition) is 4. The van der Waals surface area contributed by atoms with Crippen molar-refractivity contribution in [2.75, 3.05) is 27.2 Å². The molecule has 1 fully saturated rings. The van der Waals surface area contributed by atoms with Crippen LogP contribution in [0.15, 0.2) is 0 Å². The largest absolute Gasteiger partial charge is 0.480 e. The van der Waals surface area contributed by atoms with Gasteiger partial charge in [-0.25, -0.2) is 9.59 Å². The first-order valence-corrected chi connectivity index (χ1v) is 5.42. The van der Waals surface area contributed by atoms with Gasteiger partial charge in [0.15, 0.2) is 0 Å². The molecule has 0 aliphatic carbocycles. The number of urea groups is 1. The predicted octanol–water partition coefficient (Wildman–Crippen LogP) is -1.30. The van der Waals surface area contributed by atoms with Crippen LogP contribution in [0.2, 0.25) is 0 Å². The van der Waals surface area contributed by atoms with Crippen LogP contribution in [0.1, 0.15) is 6.42 Å². The molecule has 3 amide bonds. The van der Waals surface area contributed by atoms with Crippen LogP contribution < -0.4 is 5.73 Å². The third-order valence-electron chi connectivity index (χ3n) is 2.85. The monoisotopic (exact) mass is 259 g/mol. The van der Waals surface area contributed by atoms with E-state index in [1.807, 2.05) is 0 Å². The molecule has 3 N–H and O–H groups in total. The number of likely N-dealkylation sites (N-methyl/N-ethyl adjacent to an activating group) is 1. The summed E-state index contributed by atoms with van der Waals surface area (Å²) in [7, 11) is 2.86. The number of nitrogens with two attached hydrogens (primary N) is 1. The lowest BCUT2D eigenvalue weighted by molar-refractivity contribution is -0.141. The number of nitrogens with zero attached hydrogens (tertiary/aromatic N) is 2. The highest BCUT2D eigenvalue weighted by Crippen LogP contribution is 2.21.